The molecule has 0 spiro atoms. The molecule has 0 aliphatic carbocycles. The van der Waals surface area contributed by atoms with Gasteiger partial charge in [-0.1, -0.05) is 11.6 Å². The molecule has 0 amide bonds. The van der Waals surface area contributed by atoms with E-state index >= 15 is 0 Å². The number of pyridine rings is 1. The summed E-state index contributed by atoms with van der Waals surface area (Å²) in [6.07, 6.45) is 3.20. The van der Waals surface area contributed by atoms with Crippen LogP contribution in [0.25, 0.3) is 5.65 Å². The predicted octanol–water partition coefficient (Wildman–Crippen LogP) is 2.29. The van der Waals surface area contributed by atoms with Gasteiger partial charge in [0.15, 0.2) is 11.3 Å². The number of rotatable bonds is 1. The van der Waals surface area contributed by atoms with Crippen molar-refractivity contribution in [2.75, 3.05) is 0 Å². The minimum atomic E-state index is -1.06. The molecule has 0 atom stereocenters. The molecule has 0 aliphatic heterocycles. The van der Waals surface area contributed by atoms with Crippen LogP contribution in [0.1, 0.15) is 10.5 Å². The smallest absolute Gasteiger partial charge is 0.356 e. The van der Waals surface area contributed by atoms with Crippen molar-refractivity contribution in [2.45, 2.75) is 0 Å². The van der Waals surface area contributed by atoms with Gasteiger partial charge in [-0.15, -0.1) is 0 Å². The zero-order valence-electron chi connectivity index (χ0n) is 6.74. The topological polar surface area (TPSA) is 54.6 Å². The van der Waals surface area contributed by atoms with Crippen LogP contribution in [0.5, 0.6) is 0 Å². The number of carbonyl (C=O) groups is 1. The Kier molecular flexibility index (Phi) is 2.36. The maximum atomic E-state index is 10.6. The van der Waals surface area contributed by atoms with E-state index in [1.54, 1.807) is 16.7 Å². The number of fused-ring (bicyclic) bond motifs is 1. The molecule has 0 fully saturated rings. The van der Waals surface area contributed by atoms with Gasteiger partial charge in [0.1, 0.15) is 0 Å². The van der Waals surface area contributed by atoms with Crippen LogP contribution >= 0.6 is 34.2 Å². The van der Waals surface area contributed by atoms with E-state index in [-0.39, 0.29) is 5.69 Å². The van der Waals surface area contributed by atoms with E-state index in [9.17, 15) is 4.79 Å². The second-order valence-corrected chi connectivity index (χ2v) is 4.32. The third kappa shape index (κ3) is 1.57. The standard InChI is InChI=1S/C8H4ClIN2O2/c9-5-1-4(10)2-12-3-6(8(13)14)11-7(5)12/h1-3H,(H,13,14). The third-order valence-electron chi connectivity index (χ3n) is 1.69. The van der Waals surface area contributed by atoms with E-state index in [0.29, 0.717) is 10.7 Å². The molecule has 1 N–H and O–H groups in total. The molecular weight excluding hydrogens is 318 g/mol. The lowest BCUT2D eigenvalue weighted by Crippen LogP contribution is -1.94. The monoisotopic (exact) mass is 322 g/mol. The minimum Gasteiger partial charge on any atom is -0.476 e. The Hall–Kier alpha value is -0.820. The van der Waals surface area contributed by atoms with E-state index in [0.717, 1.165) is 3.57 Å². The van der Waals surface area contributed by atoms with Gasteiger partial charge in [-0.3, -0.25) is 0 Å². The Morgan fingerprint density at radius 1 is 1.57 bits per heavy atom. The highest BCUT2D eigenvalue weighted by atomic mass is 127. The van der Waals surface area contributed by atoms with Crippen LogP contribution in [0, 0.1) is 3.57 Å². The number of hydrogen-bond acceptors (Lipinski definition) is 2. The van der Waals surface area contributed by atoms with Gasteiger partial charge in [0, 0.05) is 16.0 Å². The summed E-state index contributed by atoms with van der Waals surface area (Å²) in [6.45, 7) is 0. The molecule has 2 rings (SSSR count). The molecule has 0 saturated carbocycles. The first-order valence-electron chi connectivity index (χ1n) is 3.65. The second-order valence-electron chi connectivity index (χ2n) is 2.67. The van der Waals surface area contributed by atoms with Crippen LogP contribution < -0.4 is 0 Å². The van der Waals surface area contributed by atoms with E-state index < -0.39 is 5.97 Å². The van der Waals surface area contributed by atoms with Crippen LogP contribution in [-0.2, 0) is 0 Å². The Morgan fingerprint density at radius 2 is 2.29 bits per heavy atom. The Morgan fingerprint density at radius 3 is 2.93 bits per heavy atom. The van der Waals surface area contributed by atoms with Crippen molar-refractivity contribution in [3.8, 4) is 0 Å². The highest BCUT2D eigenvalue weighted by molar-refractivity contribution is 14.1. The molecule has 0 unspecified atom stereocenters. The molecule has 2 heterocycles. The van der Waals surface area contributed by atoms with Gasteiger partial charge in [-0.25, -0.2) is 9.78 Å². The second kappa shape index (κ2) is 3.39. The van der Waals surface area contributed by atoms with E-state index in [4.69, 9.17) is 16.7 Å². The van der Waals surface area contributed by atoms with Crippen molar-refractivity contribution in [1.29, 1.82) is 0 Å². The summed E-state index contributed by atoms with van der Waals surface area (Å²) >= 11 is 8.00. The summed E-state index contributed by atoms with van der Waals surface area (Å²) in [4.78, 5) is 14.5. The quantitative estimate of drug-likeness (QED) is 0.820. The largest absolute Gasteiger partial charge is 0.476 e. The molecule has 6 heteroatoms. The van der Waals surface area contributed by atoms with Crippen LogP contribution in [0.4, 0.5) is 0 Å². The van der Waals surface area contributed by atoms with Crippen molar-refractivity contribution in [2.24, 2.45) is 0 Å². The molecule has 14 heavy (non-hydrogen) atoms. The van der Waals surface area contributed by atoms with Gasteiger partial charge in [0.2, 0.25) is 0 Å². The van der Waals surface area contributed by atoms with Crippen molar-refractivity contribution in [3.05, 3.63) is 32.7 Å². The van der Waals surface area contributed by atoms with Gasteiger partial charge in [0.05, 0.1) is 5.02 Å². The molecule has 0 radical (unpaired) electrons. The van der Waals surface area contributed by atoms with Crippen molar-refractivity contribution < 1.29 is 9.90 Å². The average Bonchev–Trinajstić information content (AvgIpc) is 2.47. The first-order valence-corrected chi connectivity index (χ1v) is 5.10. The van der Waals surface area contributed by atoms with Gasteiger partial charge in [-0.2, -0.15) is 0 Å². The number of hydrogen-bond donors (Lipinski definition) is 1. The predicted molar refractivity (Wildman–Crippen MR) is 59.9 cm³/mol. The van der Waals surface area contributed by atoms with Gasteiger partial charge in [-0.05, 0) is 28.7 Å². The lowest BCUT2D eigenvalue weighted by molar-refractivity contribution is 0.0691. The van der Waals surface area contributed by atoms with Gasteiger partial charge in [0.25, 0.3) is 0 Å². The first-order chi connectivity index (χ1) is 6.58. The summed E-state index contributed by atoms with van der Waals surface area (Å²) in [5.41, 5.74) is 0.457. The zero-order valence-corrected chi connectivity index (χ0v) is 9.65. The SMILES string of the molecule is O=C(O)c1cn2cc(I)cc(Cl)c2n1. The molecule has 72 valence electrons. The van der Waals surface area contributed by atoms with Crippen LogP contribution in [0.2, 0.25) is 5.02 Å². The van der Waals surface area contributed by atoms with E-state index in [1.807, 2.05) is 0 Å². The zero-order chi connectivity index (χ0) is 10.3. The Bertz CT molecular complexity index is 523. The molecule has 0 aromatic carbocycles. The molecule has 0 aliphatic rings. The summed E-state index contributed by atoms with van der Waals surface area (Å²) in [7, 11) is 0. The summed E-state index contributed by atoms with van der Waals surface area (Å²) in [6, 6.07) is 1.73. The number of aromatic nitrogens is 2. The lowest BCUT2D eigenvalue weighted by atomic mass is 10.5. The van der Waals surface area contributed by atoms with Gasteiger partial charge >= 0.3 is 5.97 Å². The Balaban J connectivity index is 2.76. The van der Waals surface area contributed by atoms with Crippen molar-refractivity contribution in [1.82, 2.24) is 9.38 Å². The van der Waals surface area contributed by atoms with Crippen LogP contribution in [0.3, 0.4) is 0 Å². The fourth-order valence-electron chi connectivity index (χ4n) is 1.13. The highest BCUT2D eigenvalue weighted by Gasteiger charge is 2.10. The number of aromatic carboxylic acids is 1. The van der Waals surface area contributed by atoms with Crippen molar-refractivity contribution in [3.63, 3.8) is 0 Å². The maximum absolute atomic E-state index is 10.6. The molecular formula is C8H4ClIN2O2. The number of carboxylic acids is 1. The fraction of sp³-hybridized carbons (Fsp3) is 0. The molecule has 0 saturated heterocycles. The van der Waals surface area contributed by atoms with Gasteiger partial charge < -0.3 is 9.51 Å². The molecule has 2 aromatic heterocycles. The number of halogens is 2. The number of carboxylic acid groups (broad SMARTS) is 1. The first kappa shape index (κ1) is 9.72. The minimum absolute atomic E-state index is 0.00565. The maximum Gasteiger partial charge on any atom is 0.356 e. The van der Waals surface area contributed by atoms with Crippen LogP contribution in [-0.4, -0.2) is 20.5 Å². The lowest BCUT2D eigenvalue weighted by Gasteiger charge is -1.96. The third-order valence-corrected chi connectivity index (χ3v) is 2.56. The van der Waals surface area contributed by atoms with E-state index in [2.05, 4.69) is 27.6 Å². The molecule has 0 bridgehead atoms. The number of nitrogens with zero attached hydrogens (tertiary/aromatic N) is 2. The fourth-order valence-corrected chi connectivity index (χ4v) is 2.18. The molecule has 2 aromatic rings. The summed E-state index contributed by atoms with van der Waals surface area (Å²) in [5.74, 6) is -1.06. The Labute approximate surface area is 97.7 Å². The normalized spacial score (nSPS) is 10.7. The summed E-state index contributed by atoms with van der Waals surface area (Å²) < 4.78 is 2.53. The van der Waals surface area contributed by atoms with Crippen LogP contribution in [0.15, 0.2) is 18.5 Å². The molecule has 4 nitrogen and oxygen atoms in total. The summed E-state index contributed by atoms with van der Waals surface area (Å²) in [5, 5.41) is 9.17. The average molecular weight is 322 g/mol. The highest BCUT2D eigenvalue weighted by Crippen LogP contribution is 2.19. The van der Waals surface area contributed by atoms with E-state index in [1.165, 1.54) is 6.20 Å². The number of imidazole rings is 1. The van der Waals surface area contributed by atoms with Crippen molar-refractivity contribution >= 4 is 45.8 Å².